The van der Waals surface area contributed by atoms with Crippen LogP contribution in [-0.4, -0.2) is 35.8 Å². The zero-order chi connectivity index (χ0) is 21.1. The van der Waals surface area contributed by atoms with Gasteiger partial charge in [-0.2, -0.15) is 4.31 Å². The SMILES string of the molecule is CCCN(Cc1nnc(-c2cccs2)o1)S(=O)(=O)c1ccc(OC(F)(F)F)cc1. The summed E-state index contributed by atoms with van der Waals surface area (Å²) in [5, 5.41) is 9.66. The van der Waals surface area contributed by atoms with E-state index >= 15 is 0 Å². The normalized spacial score (nSPS) is 12.4. The second-order valence-electron chi connectivity index (χ2n) is 5.84. The Balaban J connectivity index is 1.80. The minimum Gasteiger partial charge on any atom is -0.418 e. The number of sulfonamides is 1. The van der Waals surface area contributed by atoms with Crippen LogP contribution in [0, 0.1) is 0 Å². The van der Waals surface area contributed by atoms with Gasteiger partial charge in [0.2, 0.25) is 15.9 Å². The van der Waals surface area contributed by atoms with E-state index in [0.29, 0.717) is 6.42 Å². The van der Waals surface area contributed by atoms with Gasteiger partial charge in [0.1, 0.15) is 5.75 Å². The third kappa shape index (κ3) is 5.34. The zero-order valence-electron chi connectivity index (χ0n) is 15.1. The van der Waals surface area contributed by atoms with Crippen molar-refractivity contribution in [1.82, 2.24) is 14.5 Å². The minimum atomic E-state index is -4.85. The Kier molecular flexibility index (Phi) is 6.24. The van der Waals surface area contributed by atoms with E-state index in [9.17, 15) is 21.6 Å². The monoisotopic (exact) mass is 447 g/mol. The molecule has 0 saturated heterocycles. The van der Waals surface area contributed by atoms with Crippen molar-refractivity contribution >= 4 is 21.4 Å². The first kappa shape index (κ1) is 21.3. The lowest BCUT2D eigenvalue weighted by Gasteiger charge is -2.20. The molecule has 156 valence electrons. The zero-order valence-corrected chi connectivity index (χ0v) is 16.7. The van der Waals surface area contributed by atoms with Gasteiger partial charge in [-0.1, -0.05) is 13.0 Å². The first-order valence-electron chi connectivity index (χ1n) is 8.41. The van der Waals surface area contributed by atoms with Gasteiger partial charge in [0, 0.05) is 6.54 Å². The summed E-state index contributed by atoms with van der Waals surface area (Å²) in [4.78, 5) is 0.590. The minimum absolute atomic E-state index is 0.113. The lowest BCUT2D eigenvalue weighted by Crippen LogP contribution is -2.31. The predicted octanol–water partition coefficient (Wildman–Crippen LogP) is 4.30. The van der Waals surface area contributed by atoms with Crippen molar-refractivity contribution in [2.75, 3.05) is 6.54 Å². The summed E-state index contributed by atoms with van der Waals surface area (Å²) in [7, 11) is -4.00. The molecule has 0 spiro atoms. The molecule has 3 rings (SSSR count). The summed E-state index contributed by atoms with van der Waals surface area (Å²) >= 11 is 1.41. The number of hydrogen-bond acceptors (Lipinski definition) is 7. The van der Waals surface area contributed by atoms with E-state index in [1.54, 1.807) is 13.0 Å². The van der Waals surface area contributed by atoms with E-state index in [-0.39, 0.29) is 29.8 Å². The Morgan fingerprint density at radius 1 is 1.17 bits per heavy atom. The molecule has 2 heterocycles. The van der Waals surface area contributed by atoms with Gasteiger partial charge in [0.05, 0.1) is 16.3 Å². The third-order valence-electron chi connectivity index (χ3n) is 3.68. The summed E-state index contributed by atoms with van der Waals surface area (Å²) < 4.78 is 73.2. The van der Waals surface area contributed by atoms with Crippen LogP contribution >= 0.6 is 11.3 Å². The van der Waals surface area contributed by atoms with Crippen LogP contribution in [0.2, 0.25) is 0 Å². The van der Waals surface area contributed by atoms with Crippen molar-refractivity contribution in [3.05, 3.63) is 47.7 Å². The maximum Gasteiger partial charge on any atom is 0.573 e. The van der Waals surface area contributed by atoms with Gasteiger partial charge in [-0.25, -0.2) is 8.42 Å². The first-order valence-corrected chi connectivity index (χ1v) is 10.7. The molecule has 0 aliphatic rings. The molecule has 12 heteroatoms. The first-order chi connectivity index (χ1) is 13.7. The molecule has 3 aromatic rings. The van der Waals surface area contributed by atoms with Crippen LogP contribution in [0.5, 0.6) is 5.75 Å². The molecule has 0 fully saturated rings. The smallest absolute Gasteiger partial charge is 0.418 e. The summed E-state index contributed by atoms with van der Waals surface area (Å²) in [6, 6.07) is 7.64. The van der Waals surface area contributed by atoms with E-state index in [2.05, 4.69) is 14.9 Å². The predicted molar refractivity (Wildman–Crippen MR) is 98.6 cm³/mol. The Morgan fingerprint density at radius 3 is 2.48 bits per heavy atom. The highest BCUT2D eigenvalue weighted by Crippen LogP contribution is 2.27. The molecule has 0 bridgehead atoms. The quantitative estimate of drug-likeness (QED) is 0.512. The van der Waals surface area contributed by atoms with Crippen LogP contribution < -0.4 is 4.74 Å². The van der Waals surface area contributed by atoms with Gasteiger partial charge in [-0.3, -0.25) is 0 Å². The van der Waals surface area contributed by atoms with Gasteiger partial charge in [-0.05, 0) is 42.1 Å². The number of hydrogen-bond donors (Lipinski definition) is 0. The molecule has 0 radical (unpaired) electrons. The fourth-order valence-corrected chi connectivity index (χ4v) is 4.59. The molecular formula is C17H16F3N3O4S2. The van der Waals surface area contributed by atoms with Gasteiger partial charge >= 0.3 is 6.36 Å². The lowest BCUT2D eigenvalue weighted by atomic mass is 10.3. The highest BCUT2D eigenvalue weighted by molar-refractivity contribution is 7.89. The molecule has 0 amide bonds. The standard InChI is InChI=1S/C17H16F3N3O4S2/c1-2-9-23(11-15-21-22-16(26-15)14-4-3-10-28-14)29(24,25)13-7-5-12(6-8-13)27-17(18,19)20/h3-8,10H,2,9,11H2,1H3. The number of ether oxygens (including phenoxy) is 1. The number of thiophene rings is 1. The number of alkyl halides is 3. The van der Waals surface area contributed by atoms with Crippen molar-refractivity contribution in [3.8, 4) is 16.5 Å². The van der Waals surface area contributed by atoms with E-state index in [1.165, 1.54) is 11.3 Å². The molecule has 29 heavy (non-hydrogen) atoms. The third-order valence-corrected chi connectivity index (χ3v) is 6.40. The second-order valence-corrected chi connectivity index (χ2v) is 8.72. The lowest BCUT2D eigenvalue weighted by molar-refractivity contribution is -0.274. The van der Waals surface area contributed by atoms with E-state index in [1.807, 2.05) is 11.4 Å². The fraction of sp³-hybridized carbons (Fsp3) is 0.294. The summed E-state index contributed by atoms with van der Waals surface area (Å²) in [5.41, 5.74) is 0. The van der Waals surface area contributed by atoms with Crippen LogP contribution in [0.4, 0.5) is 13.2 Å². The highest BCUT2D eigenvalue weighted by atomic mass is 32.2. The largest absolute Gasteiger partial charge is 0.573 e. The maximum absolute atomic E-state index is 12.9. The molecule has 0 aliphatic carbocycles. The fourth-order valence-electron chi connectivity index (χ4n) is 2.46. The molecule has 0 saturated carbocycles. The number of rotatable bonds is 8. The Bertz CT molecular complexity index is 1030. The number of aromatic nitrogens is 2. The maximum atomic E-state index is 12.9. The Labute approximate surface area is 168 Å². The summed E-state index contributed by atoms with van der Waals surface area (Å²) in [5.74, 6) is -0.101. The molecule has 0 N–H and O–H groups in total. The summed E-state index contributed by atoms with van der Waals surface area (Å²) in [6.45, 7) is 1.81. The molecular weight excluding hydrogens is 431 g/mol. The molecule has 1 aromatic carbocycles. The van der Waals surface area contributed by atoms with Crippen molar-refractivity contribution < 1.29 is 30.7 Å². The van der Waals surface area contributed by atoms with Gasteiger partial charge in [0.25, 0.3) is 5.89 Å². The Morgan fingerprint density at radius 2 is 1.90 bits per heavy atom. The van der Waals surface area contributed by atoms with Gasteiger partial charge in [0.15, 0.2) is 0 Å². The Hall–Kier alpha value is -2.44. The van der Waals surface area contributed by atoms with Crippen molar-refractivity contribution in [1.29, 1.82) is 0 Å². The molecule has 7 nitrogen and oxygen atoms in total. The number of halogens is 3. The number of benzene rings is 1. The molecule has 0 atom stereocenters. The van der Waals surface area contributed by atoms with Crippen LogP contribution in [0.3, 0.4) is 0 Å². The van der Waals surface area contributed by atoms with Crippen LogP contribution in [0.25, 0.3) is 10.8 Å². The molecule has 2 aromatic heterocycles. The highest BCUT2D eigenvalue weighted by Gasteiger charge is 2.31. The topological polar surface area (TPSA) is 85.5 Å². The number of nitrogens with zero attached hydrogens (tertiary/aromatic N) is 3. The van der Waals surface area contributed by atoms with Crippen molar-refractivity contribution in [2.45, 2.75) is 31.1 Å². The average molecular weight is 447 g/mol. The van der Waals surface area contributed by atoms with E-state index < -0.39 is 22.1 Å². The van der Waals surface area contributed by atoms with E-state index in [4.69, 9.17) is 4.42 Å². The second kappa shape index (κ2) is 8.51. The van der Waals surface area contributed by atoms with Gasteiger partial charge in [-0.15, -0.1) is 34.7 Å². The van der Waals surface area contributed by atoms with Crippen molar-refractivity contribution in [2.24, 2.45) is 0 Å². The summed E-state index contributed by atoms with van der Waals surface area (Å²) in [6.07, 6.45) is -4.34. The molecule has 0 unspecified atom stereocenters. The van der Waals surface area contributed by atoms with E-state index in [0.717, 1.165) is 33.4 Å². The molecule has 0 aliphatic heterocycles. The van der Waals surface area contributed by atoms with Crippen molar-refractivity contribution in [3.63, 3.8) is 0 Å². The average Bonchev–Trinajstić information content (AvgIpc) is 3.32. The van der Waals surface area contributed by atoms with Crippen LogP contribution in [0.15, 0.2) is 51.1 Å². The van der Waals surface area contributed by atoms with Gasteiger partial charge < -0.3 is 9.15 Å². The van der Waals surface area contributed by atoms with Crippen LogP contribution in [-0.2, 0) is 16.6 Å². The van der Waals surface area contributed by atoms with Crippen LogP contribution in [0.1, 0.15) is 19.2 Å².